The summed E-state index contributed by atoms with van der Waals surface area (Å²) in [6.07, 6.45) is 1.95. The summed E-state index contributed by atoms with van der Waals surface area (Å²) in [6, 6.07) is 8.22. The highest BCUT2D eigenvalue weighted by Crippen LogP contribution is 2.30. The van der Waals surface area contributed by atoms with E-state index in [1.54, 1.807) is 18.4 Å². The van der Waals surface area contributed by atoms with Crippen molar-refractivity contribution < 1.29 is 4.74 Å². The summed E-state index contributed by atoms with van der Waals surface area (Å²) in [7, 11) is 1.73. The molecule has 1 aliphatic heterocycles. The van der Waals surface area contributed by atoms with Gasteiger partial charge in [0.25, 0.3) is 0 Å². The molecule has 0 spiro atoms. The number of methoxy groups -OCH3 is 1. The minimum absolute atomic E-state index is 0.950. The highest BCUT2D eigenvalue weighted by atomic mass is 32.1. The third kappa shape index (κ3) is 2.58. The van der Waals surface area contributed by atoms with Crippen LogP contribution in [-0.2, 0) is 0 Å². The monoisotopic (exact) mass is 289 g/mol. The summed E-state index contributed by atoms with van der Waals surface area (Å²) >= 11 is 1.77. The van der Waals surface area contributed by atoms with Crippen LogP contribution in [0, 0.1) is 6.92 Å². The number of hydrogen-bond donors (Lipinski definition) is 0. The summed E-state index contributed by atoms with van der Waals surface area (Å²) in [6.45, 7) is 6.11. The number of para-hydroxylation sites is 2. The van der Waals surface area contributed by atoms with Gasteiger partial charge >= 0.3 is 0 Å². The van der Waals surface area contributed by atoms with Gasteiger partial charge in [0.15, 0.2) is 5.13 Å². The number of aryl methyl sites for hydroxylation is 1. The van der Waals surface area contributed by atoms with Crippen LogP contribution in [0.5, 0.6) is 5.75 Å². The second-order valence-electron chi connectivity index (χ2n) is 4.90. The number of nitrogens with zero attached hydrogens (tertiary/aromatic N) is 3. The number of hydrogen-bond acceptors (Lipinski definition) is 5. The van der Waals surface area contributed by atoms with Crippen molar-refractivity contribution in [2.45, 2.75) is 6.92 Å². The molecule has 0 N–H and O–H groups in total. The number of piperazine rings is 1. The zero-order chi connectivity index (χ0) is 13.9. The summed E-state index contributed by atoms with van der Waals surface area (Å²) < 4.78 is 5.45. The molecule has 1 aliphatic rings. The molecule has 2 heterocycles. The fraction of sp³-hybridized carbons (Fsp3) is 0.400. The Labute approximate surface area is 123 Å². The van der Waals surface area contributed by atoms with Crippen LogP contribution in [-0.4, -0.2) is 38.3 Å². The molecule has 0 radical (unpaired) electrons. The van der Waals surface area contributed by atoms with E-state index in [0.717, 1.165) is 37.1 Å². The van der Waals surface area contributed by atoms with E-state index in [-0.39, 0.29) is 0 Å². The molecular formula is C15H19N3OS. The molecule has 20 heavy (non-hydrogen) atoms. The highest BCUT2D eigenvalue weighted by Gasteiger charge is 2.21. The summed E-state index contributed by atoms with van der Waals surface area (Å²) in [5.41, 5.74) is 1.19. The molecule has 3 rings (SSSR count). The lowest BCUT2D eigenvalue weighted by molar-refractivity contribution is 0.413. The van der Waals surface area contributed by atoms with E-state index in [2.05, 4.69) is 33.8 Å². The molecule has 0 amide bonds. The Morgan fingerprint density at radius 2 is 1.80 bits per heavy atom. The maximum absolute atomic E-state index is 5.45. The lowest BCUT2D eigenvalue weighted by Crippen LogP contribution is -2.46. The standard InChI is InChI=1S/C15H19N3OS/c1-12-11-16-15(20-12)18-9-7-17(8-10-18)13-5-3-4-6-14(13)19-2/h3-6,11H,7-10H2,1-2H3. The number of thiazole rings is 1. The topological polar surface area (TPSA) is 28.6 Å². The molecule has 0 atom stereocenters. The second kappa shape index (κ2) is 5.71. The first-order valence-corrected chi connectivity index (χ1v) is 7.65. The molecule has 0 unspecified atom stereocenters. The molecule has 0 aliphatic carbocycles. The van der Waals surface area contributed by atoms with Gasteiger partial charge in [-0.25, -0.2) is 4.98 Å². The third-order valence-corrected chi connectivity index (χ3v) is 4.56. The Bertz CT molecular complexity index is 576. The molecule has 4 nitrogen and oxygen atoms in total. The first-order chi connectivity index (χ1) is 9.78. The SMILES string of the molecule is COc1ccccc1N1CCN(c2ncc(C)s2)CC1. The van der Waals surface area contributed by atoms with Crippen LogP contribution < -0.4 is 14.5 Å². The van der Waals surface area contributed by atoms with Crippen LogP contribution in [0.15, 0.2) is 30.5 Å². The Morgan fingerprint density at radius 1 is 1.10 bits per heavy atom. The molecule has 106 valence electrons. The first kappa shape index (κ1) is 13.2. The Hall–Kier alpha value is -1.75. The van der Waals surface area contributed by atoms with Crippen LogP contribution in [0.3, 0.4) is 0 Å². The zero-order valence-electron chi connectivity index (χ0n) is 11.9. The Morgan fingerprint density at radius 3 is 2.45 bits per heavy atom. The minimum atomic E-state index is 0.950. The van der Waals surface area contributed by atoms with E-state index in [9.17, 15) is 0 Å². The van der Waals surface area contributed by atoms with Gasteiger partial charge in [0.1, 0.15) is 5.75 Å². The number of rotatable bonds is 3. The van der Waals surface area contributed by atoms with E-state index in [4.69, 9.17) is 4.74 Å². The average Bonchev–Trinajstić information content (AvgIpc) is 2.94. The van der Waals surface area contributed by atoms with E-state index >= 15 is 0 Å². The van der Waals surface area contributed by atoms with Crippen LogP contribution in [0.25, 0.3) is 0 Å². The molecule has 0 bridgehead atoms. The van der Waals surface area contributed by atoms with Crippen molar-refractivity contribution in [1.29, 1.82) is 0 Å². The number of anilines is 2. The van der Waals surface area contributed by atoms with Crippen molar-refractivity contribution in [3.63, 3.8) is 0 Å². The Kier molecular flexibility index (Phi) is 3.78. The van der Waals surface area contributed by atoms with Gasteiger partial charge in [0.05, 0.1) is 12.8 Å². The minimum Gasteiger partial charge on any atom is -0.495 e. The van der Waals surface area contributed by atoms with Crippen molar-refractivity contribution in [2.75, 3.05) is 43.1 Å². The van der Waals surface area contributed by atoms with Crippen molar-refractivity contribution in [2.24, 2.45) is 0 Å². The lowest BCUT2D eigenvalue weighted by Gasteiger charge is -2.36. The summed E-state index contributed by atoms with van der Waals surface area (Å²) in [5, 5.41) is 1.14. The lowest BCUT2D eigenvalue weighted by atomic mass is 10.2. The van der Waals surface area contributed by atoms with Crippen molar-refractivity contribution in [1.82, 2.24) is 4.98 Å². The van der Waals surface area contributed by atoms with Gasteiger partial charge in [-0.05, 0) is 19.1 Å². The van der Waals surface area contributed by atoms with E-state index in [1.807, 2.05) is 18.3 Å². The molecule has 1 aromatic carbocycles. The normalized spacial score (nSPS) is 15.5. The van der Waals surface area contributed by atoms with E-state index in [0.29, 0.717) is 0 Å². The zero-order valence-corrected chi connectivity index (χ0v) is 12.7. The molecule has 0 saturated carbocycles. The van der Waals surface area contributed by atoms with Gasteiger partial charge in [-0.1, -0.05) is 12.1 Å². The fourth-order valence-corrected chi connectivity index (χ4v) is 3.33. The van der Waals surface area contributed by atoms with Gasteiger partial charge in [-0.2, -0.15) is 0 Å². The maximum Gasteiger partial charge on any atom is 0.185 e. The number of benzene rings is 1. The van der Waals surface area contributed by atoms with Crippen LogP contribution >= 0.6 is 11.3 Å². The third-order valence-electron chi connectivity index (χ3n) is 3.59. The average molecular weight is 289 g/mol. The van der Waals surface area contributed by atoms with Gasteiger partial charge < -0.3 is 14.5 Å². The molecular weight excluding hydrogens is 270 g/mol. The summed E-state index contributed by atoms with van der Waals surface area (Å²) in [4.78, 5) is 10.5. The molecule has 1 saturated heterocycles. The number of aromatic nitrogens is 1. The predicted molar refractivity (Wildman–Crippen MR) is 84.3 cm³/mol. The Balaban J connectivity index is 1.69. The van der Waals surface area contributed by atoms with Gasteiger partial charge in [0.2, 0.25) is 0 Å². The van der Waals surface area contributed by atoms with Crippen LogP contribution in [0.1, 0.15) is 4.88 Å². The predicted octanol–water partition coefficient (Wildman–Crippen LogP) is 2.79. The van der Waals surface area contributed by atoms with Crippen molar-refractivity contribution in [3.05, 3.63) is 35.3 Å². The van der Waals surface area contributed by atoms with Crippen molar-refractivity contribution >= 4 is 22.2 Å². The molecule has 1 aromatic heterocycles. The quantitative estimate of drug-likeness (QED) is 0.869. The number of ether oxygens (including phenoxy) is 1. The van der Waals surface area contributed by atoms with Gasteiger partial charge in [0, 0.05) is 37.3 Å². The van der Waals surface area contributed by atoms with Crippen LogP contribution in [0.2, 0.25) is 0 Å². The maximum atomic E-state index is 5.45. The molecule has 5 heteroatoms. The van der Waals surface area contributed by atoms with Crippen LogP contribution in [0.4, 0.5) is 10.8 Å². The first-order valence-electron chi connectivity index (χ1n) is 6.83. The smallest absolute Gasteiger partial charge is 0.185 e. The van der Waals surface area contributed by atoms with Gasteiger partial charge in [-0.3, -0.25) is 0 Å². The van der Waals surface area contributed by atoms with Gasteiger partial charge in [-0.15, -0.1) is 11.3 Å². The highest BCUT2D eigenvalue weighted by molar-refractivity contribution is 7.15. The molecule has 1 fully saturated rings. The largest absolute Gasteiger partial charge is 0.495 e. The van der Waals surface area contributed by atoms with E-state index < -0.39 is 0 Å². The van der Waals surface area contributed by atoms with Crippen molar-refractivity contribution in [3.8, 4) is 5.75 Å². The molecule has 2 aromatic rings. The summed E-state index contributed by atoms with van der Waals surface area (Å²) in [5.74, 6) is 0.950. The van der Waals surface area contributed by atoms with E-state index in [1.165, 1.54) is 10.6 Å². The fourth-order valence-electron chi connectivity index (χ4n) is 2.52. The second-order valence-corrected chi connectivity index (χ2v) is 6.11.